The van der Waals surface area contributed by atoms with Gasteiger partial charge in [-0.1, -0.05) is 0 Å². The van der Waals surface area contributed by atoms with Crippen LogP contribution in [0.25, 0.3) is 0 Å². The molecule has 2 N–H and O–H groups in total. The van der Waals surface area contributed by atoms with Crippen LogP contribution in [0.1, 0.15) is 34.4 Å². The van der Waals surface area contributed by atoms with Gasteiger partial charge in [-0.25, -0.2) is 4.99 Å². The number of aryl methyl sites for hydroxylation is 1. The molecule has 1 aromatic carbocycles. The molecule has 0 saturated heterocycles. The molecule has 0 spiro atoms. The molecule has 0 aliphatic heterocycles. The lowest BCUT2D eigenvalue weighted by Gasteiger charge is -2.09. The molecule has 0 amide bonds. The number of thiophene rings is 1. The number of hydrogen-bond donors (Lipinski definition) is 2. The summed E-state index contributed by atoms with van der Waals surface area (Å²) >= 11 is 1.55. The van der Waals surface area contributed by atoms with E-state index in [-0.39, 0.29) is 11.5 Å². The maximum absolute atomic E-state index is 9.74. The minimum absolute atomic E-state index is 0.0522. The van der Waals surface area contributed by atoms with Gasteiger partial charge in [0, 0.05) is 16.7 Å². The molecule has 0 unspecified atom stereocenters. The Hall–Kier alpha value is -2.32. The van der Waals surface area contributed by atoms with Crippen molar-refractivity contribution in [3.05, 3.63) is 39.8 Å². The molecule has 5 heteroatoms. The van der Waals surface area contributed by atoms with E-state index in [2.05, 4.69) is 11.1 Å². The standard InChI is InChI=1S/C16H14N2O2S/c17-8-13-12-3-1-2-4-15(12)21-16(13)18-9-10-7-11(19)5-6-14(10)20/h5-7,9,19-20H,1-4H2. The summed E-state index contributed by atoms with van der Waals surface area (Å²) in [4.78, 5) is 5.61. The Morgan fingerprint density at radius 1 is 1.24 bits per heavy atom. The van der Waals surface area contributed by atoms with Crippen LogP contribution >= 0.6 is 11.3 Å². The Morgan fingerprint density at radius 3 is 2.86 bits per heavy atom. The Kier molecular flexibility index (Phi) is 3.63. The topological polar surface area (TPSA) is 76.6 Å². The lowest BCUT2D eigenvalue weighted by molar-refractivity contribution is 0.459. The number of benzene rings is 1. The van der Waals surface area contributed by atoms with Crippen molar-refractivity contribution in [2.75, 3.05) is 0 Å². The lowest BCUT2D eigenvalue weighted by Crippen LogP contribution is -1.99. The summed E-state index contributed by atoms with van der Waals surface area (Å²) in [5.41, 5.74) is 2.23. The van der Waals surface area contributed by atoms with Gasteiger partial charge in [0.2, 0.25) is 0 Å². The number of nitriles is 1. The average molecular weight is 298 g/mol. The molecule has 1 aliphatic carbocycles. The van der Waals surface area contributed by atoms with E-state index in [0.717, 1.165) is 31.2 Å². The van der Waals surface area contributed by atoms with Crippen LogP contribution in [0.15, 0.2) is 23.2 Å². The molecular weight excluding hydrogens is 284 g/mol. The number of aromatic hydroxyl groups is 2. The summed E-state index contributed by atoms with van der Waals surface area (Å²) in [5.74, 6) is 0.122. The number of nitrogens with zero attached hydrogens (tertiary/aromatic N) is 2. The molecule has 0 saturated carbocycles. The zero-order valence-corrected chi connectivity index (χ0v) is 12.2. The highest BCUT2D eigenvalue weighted by atomic mass is 32.1. The van der Waals surface area contributed by atoms with Gasteiger partial charge in [-0.3, -0.25) is 0 Å². The van der Waals surface area contributed by atoms with E-state index in [9.17, 15) is 15.5 Å². The first kappa shape index (κ1) is 13.7. The second-order valence-corrected chi connectivity index (χ2v) is 6.09. The summed E-state index contributed by atoms with van der Waals surface area (Å²) in [6.07, 6.45) is 5.74. The van der Waals surface area contributed by atoms with Crippen LogP contribution in [0.3, 0.4) is 0 Å². The Balaban J connectivity index is 1.98. The van der Waals surface area contributed by atoms with E-state index in [0.29, 0.717) is 16.1 Å². The van der Waals surface area contributed by atoms with E-state index < -0.39 is 0 Å². The van der Waals surface area contributed by atoms with Gasteiger partial charge in [-0.05, 0) is 49.4 Å². The maximum Gasteiger partial charge on any atom is 0.134 e. The first-order valence-corrected chi connectivity index (χ1v) is 7.61. The second-order valence-electron chi connectivity index (χ2n) is 5.00. The summed E-state index contributed by atoms with van der Waals surface area (Å²) in [5, 5.41) is 29.2. The molecule has 1 aromatic heterocycles. The van der Waals surface area contributed by atoms with E-state index in [1.54, 1.807) is 11.3 Å². The van der Waals surface area contributed by atoms with E-state index in [1.807, 2.05) is 0 Å². The van der Waals surface area contributed by atoms with Crippen molar-refractivity contribution in [1.82, 2.24) is 0 Å². The van der Waals surface area contributed by atoms with Crippen LogP contribution < -0.4 is 0 Å². The third kappa shape index (κ3) is 2.63. The fourth-order valence-electron chi connectivity index (χ4n) is 2.53. The van der Waals surface area contributed by atoms with Crippen LogP contribution in [-0.4, -0.2) is 16.4 Å². The van der Waals surface area contributed by atoms with Crippen LogP contribution in [0, 0.1) is 11.3 Å². The summed E-state index contributed by atoms with van der Waals surface area (Å²) < 4.78 is 0. The minimum atomic E-state index is 0.0522. The van der Waals surface area contributed by atoms with Crippen molar-refractivity contribution >= 4 is 22.6 Å². The number of aliphatic imine (C=N–C) groups is 1. The zero-order valence-electron chi connectivity index (χ0n) is 11.3. The molecule has 0 fully saturated rings. The summed E-state index contributed by atoms with van der Waals surface area (Å²) in [6.45, 7) is 0. The van der Waals surface area contributed by atoms with E-state index >= 15 is 0 Å². The van der Waals surface area contributed by atoms with Crippen LogP contribution in [0.2, 0.25) is 0 Å². The molecule has 0 bridgehead atoms. The predicted octanol–water partition coefficient (Wildman–Crippen LogP) is 3.66. The number of phenols is 2. The van der Waals surface area contributed by atoms with Gasteiger partial charge in [0.15, 0.2) is 0 Å². The van der Waals surface area contributed by atoms with Crippen LogP contribution in [0.5, 0.6) is 11.5 Å². The quantitative estimate of drug-likeness (QED) is 0.656. The van der Waals surface area contributed by atoms with Gasteiger partial charge < -0.3 is 10.2 Å². The highest BCUT2D eigenvalue weighted by Crippen LogP contribution is 2.39. The fraction of sp³-hybridized carbons (Fsp3) is 0.250. The number of hydrogen-bond acceptors (Lipinski definition) is 5. The summed E-state index contributed by atoms with van der Waals surface area (Å²) in [6, 6.07) is 6.53. The predicted molar refractivity (Wildman–Crippen MR) is 82.7 cm³/mol. The molecule has 3 rings (SSSR count). The Labute approximate surface area is 126 Å². The van der Waals surface area contributed by atoms with Gasteiger partial charge in [-0.2, -0.15) is 5.26 Å². The Morgan fingerprint density at radius 2 is 2.05 bits per heavy atom. The first-order chi connectivity index (χ1) is 10.2. The number of phenolic OH excluding ortho intramolecular Hbond substituents is 2. The zero-order chi connectivity index (χ0) is 14.8. The molecule has 2 aromatic rings. The highest BCUT2D eigenvalue weighted by molar-refractivity contribution is 7.16. The fourth-order valence-corrected chi connectivity index (χ4v) is 3.71. The van der Waals surface area contributed by atoms with Gasteiger partial charge in [-0.15, -0.1) is 11.3 Å². The van der Waals surface area contributed by atoms with Crippen molar-refractivity contribution in [2.45, 2.75) is 25.7 Å². The minimum Gasteiger partial charge on any atom is -0.508 e. The molecule has 0 radical (unpaired) electrons. The van der Waals surface area contributed by atoms with Gasteiger partial charge in [0.05, 0.1) is 5.56 Å². The van der Waals surface area contributed by atoms with Crippen LogP contribution in [0.4, 0.5) is 5.00 Å². The highest BCUT2D eigenvalue weighted by Gasteiger charge is 2.20. The third-order valence-corrected chi connectivity index (χ3v) is 4.80. The molecule has 4 nitrogen and oxygen atoms in total. The van der Waals surface area contributed by atoms with Crippen molar-refractivity contribution in [3.63, 3.8) is 0 Å². The van der Waals surface area contributed by atoms with Gasteiger partial charge >= 0.3 is 0 Å². The molecule has 1 aliphatic rings. The molecular formula is C16H14N2O2S. The van der Waals surface area contributed by atoms with Crippen molar-refractivity contribution in [2.24, 2.45) is 4.99 Å². The van der Waals surface area contributed by atoms with Gasteiger partial charge in [0.1, 0.15) is 22.6 Å². The normalized spacial score (nSPS) is 14.0. The van der Waals surface area contributed by atoms with Crippen molar-refractivity contribution in [1.29, 1.82) is 5.26 Å². The van der Waals surface area contributed by atoms with Crippen molar-refractivity contribution in [3.8, 4) is 17.6 Å². The largest absolute Gasteiger partial charge is 0.508 e. The Bertz CT molecular complexity index is 756. The SMILES string of the molecule is N#Cc1c(N=Cc2cc(O)ccc2O)sc2c1CCCC2. The average Bonchev–Trinajstić information content (AvgIpc) is 2.85. The molecule has 106 valence electrons. The smallest absolute Gasteiger partial charge is 0.134 e. The van der Waals surface area contributed by atoms with Crippen LogP contribution in [-0.2, 0) is 12.8 Å². The first-order valence-electron chi connectivity index (χ1n) is 6.79. The third-order valence-electron chi connectivity index (χ3n) is 3.60. The lowest BCUT2D eigenvalue weighted by atomic mass is 9.96. The molecule has 21 heavy (non-hydrogen) atoms. The van der Waals surface area contributed by atoms with Gasteiger partial charge in [0.25, 0.3) is 0 Å². The number of fused-ring (bicyclic) bond motifs is 1. The molecule has 1 heterocycles. The number of rotatable bonds is 2. The summed E-state index contributed by atoms with van der Waals surface area (Å²) in [7, 11) is 0. The van der Waals surface area contributed by atoms with Crippen molar-refractivity contribution < 1.29 is 10.2 Å². The van der Waals surface area contributed by atoms with E-state index in [1.165, 1.54) is 29.3 Å². The maximum atomic E-state index is 9.74. The van der Waals surface area contributed by atoms with E-state index in [4.69, 9.17) is 0 Å². The second kappa shape index (κ2) is 5.58. The monoisotopic (exact) mass is 298 g/mol. The molecule has 0 atom stereocenters.